The van der Waals surface area contributed by atoms with Crippen LogP contribution in [0.1, 0.15) is 55.6 Å². The SMILES string of the molecule is C/C(=C/C(OCc1ncc(C)cc1F)=C(/C)C=O)N(C)c1cc(-c2ccnc(C(C)C)n2)sc1C. The monoisotopic (exact) mass is 494 g/mol. The van der Waals surface area contributed by atoms with Crippen molar-refractivity contribution in [2.24, 2.45) is 0 Å². The van der Waals surface area contributed by atoms with Gasteiger partial charge in [-0.3, -0.25) is 9.78 Å². The highest BCUT2D eigenvalue weighted by atomic mass is 32.1. The molecule has 0 amide bonds. The van der Waals surface area contributed by atoms with Crippen LogP contribution in [-0.4, -0.2) is 28.3 Å². The Labute approximate surface area is 210 Å². The van der Waals surface area contributed by atoms with Gasteiger partial charge in [-0.05, 0) is 57.5 Å². The topological polar surface area (TPSA) is 68.2 Å². The molecule has 184 valence electrons. The van der Waals surface area contributed by atoms with Crippen LogP contribution in [0.3, 0.4) is 0 Å². The van der Waals surface area contributed by atoms with Gasteiger partial charge in [-0.1, -0.05) is 13.8 Å². The summed E-state index contributed by atoms with van der Waals surface area (Å²) in [4.78, 5) is 28.9. The number of carbonyl (C=O) groups excluding carboxylic acids is 1. The van der Waals surface area contributed by atoms with Gasteiger partial charge < -0.3 is 9.64 Å². The average molecular weight is 495 g/mol. The quantitative estimate of drug-likeness (QED) is 0.146. The second kappa shape index (κ2) is 11.4. The molecule has 0 unspecified atom stereocenters. The number of rotatable bonds is 9. The molecule has 3 rings (SSSR count). The molecule has 0 atom stereocenters. The molecule has 0 saturated heterocycles. The maximum absolute atomic E-state index is 14.2. The second-order valence-corrected chi connectivity index (χ2v) is 10.0. The lowest BCUT2D eigenvalue weighted by molar-refractivity contribution is -0.105. The Morgan fingerprint density at radius 2 is 1.97 bits per heavy atom. The highest BCUT2D eigenvalue weighted by Gasteiger charge is 2.15. The van der Waals surface area contributed by atoms with Crippen molar-refractivity contribution in [3.63, 3.8) is 0 Å². The molecule has 0 fully saturated rings. The summed E-state index contributed by atoms with van der Waals surface area (Å²) in [6.07, 6.45) is 5.90. The first-order valence-corrected chi connectivity index (χ1v) is 12.2. The third-order valence-corrected chi connectivity index (χ3v) is 6.61. The van der Waals surface area contributed by atoms with Gasteiger partial charge in [0.1, 0.15) is 36.0 Å². The Morgan fingerprint density at radius 1 is 1.23 bits per heavy atom. The van der Waals surface area contributed by atoms with E-state index in [-0.39, 0.29) is 18.2 Å². The van der Waals surface area contributed by atoms with Gasteiger partial charge >= 0.3 is 0 Å². The van der Waals surface area contributed by atoms with E-state index in [4.69, 9.17) is 9.72 Å². The Hall–Kier alpha value is -3.39. The van der Waals surface area contributed by atoms with Crippen LogP contribution in [0.5, 0.6) is 0 Å². The molecule has 0 aliphatic carbocycles. The number of hydrogen-bond donors (Lipinski definition) is 0. The summed E-state index contributed by atoms with van der Waals surface area (Å²) >= 11 is 1.67. The number of allylic oxidation sites excluding steroid dienone is 3. The summed E-state index contributed by atoms with van der Waals surface area (Å²) in [5.41, 5.74) is 4.11. The first kappa shape index (κ1) is 26.2. The zero-order valence-corrected chi connectivity index (χ0v) is 22.0. The van der Waals surface area contributed by atoms with Crippen LogP contribution < -0.4 is 4.90 Å². The molecule has 0 aromatic carbocycles. The largest absolute Gasteiger partial charge is 0.487 e. The fourth-order valence-corrected chi connectivity index (χ4v) is 4.36. The normalized spacial score (nSPS) is 12.5. The Kier molecular flexibility index (Phi) is 8.51. The predicted octanol–water partition coefficient (Wildman–Crippen LogP) is 6.51. The minimum Gasteiger partial charge on any atom is -0.487 e. The van der Waals surface area contributed by atoms with Gasteiger partial charge in [-0.15, -0.1) is 11.3 Å². The number of hydrogen-bond acceptors (Lipinski definition) is 7. The molecule has 0 saturated carbocycles. The van der Waals surface area contributed by atoms with E-state index < -0.39 is 5.82 Å². The highest BCUT2D eigenvalue weighted by molar-refractivity contribution is 7.16. The lowest BCUT2D eigenvalue weighted by atomic mass is 10.2. The van der Waals surface area contributed by atoms with Gasteiger partial charge in [0.05, 0.1) is 16.3 Å². The van der Waals surface area contributed by atoms with Gasteiger partial charge in [-0.25, -0.2) is 14.4 Å². The van der Waals surface area contributed by atoms with Crippen molar-refractivity contribution < 1.29 is 13.9 Å². The van der Waals surface area contributed by atoms with Crippen LogP contribution in [0.4, 0.5) is 10.1 Å². The minimum atomic E-state index is -0.433. The summed E-state index contributed by atoms with van der Waals surface area (Å²) in [7, 11) is 1.96. The fraction of sp³-hybridized carbons (Fsp3) is 0.333. The van der Waals surface area contributed by atoms with Crippen LogP contribution in [0.25, 0.3) is 10.6 Å². The van der Waals surface area contributed by atoms with Crippen molar-refractivity contribution in [3.05, 3.63) is 81.5 Å². The van der Waals surface area contributed by atoms with E-state index in [1.165, 1.54) is 6.07 Å². The molecule has 6 nitrogen and oxygen atoms in total. The summed E-state index contributed by atoms with van der Waals surface area (Å²) < 4.78 is 20.0. The van der Waals surface area contributed by atoms with Crippen LogP contribution in [-0.2, 0) is 16.1 Å². The van der Waals surface area contributed by atoms with Crippen LogP contribution in [0, 0.1) is 19.7 Å². The number of aldehydes is 1. The smallest absolute Gasteiger partial charge is 0.149 e. The Balaban J connectivity index is 1.85. The number of aromatic nitrogens is 3. The number of ether oxygens (including phenoxy) is 1. The number of pyridine rings is 1. The first-order valence-electron chi connectivity index (χ1n) is 11.4. The molecule has 35 heavy (non-hydrogen) atoms. The number of anilines is 1. The zero-order chi connectivity index (χ0) is 25.7. The molecule has 0 spiro atoms. The molecule has 0 N–H and O–H groups in total. The van der Waals surface area contributed by atoms with Crippen LogP contribution in [0.15, 0.2) is 53.7 Å². The Morgan fingerprint density at radius 3 is 2.63 bits per heavy atom. The molecule has 0 aliphatic rings. The minimum absolute atomic E-state index is 0.0757. The molecule has 8 heteroatoms. The number of thiophene rings is 1. The van der Waals surface area contributed by atoms with E-state index >= 15 is 0 Å². The molecule has 3 aromatic heterocycles. The van der Waals surface area contributed by atoms with Gasteiger partial charge in [0.15, 0.2) is 0 Å². The van der Waals surface area contributed by atoms with Gasteiger partial charge in [0, 0.05) is 41.5 Å². The summed E-state index contributed by atoms with van der Waals surface area (Å²) in [6, 6.07) is 5.44. The molecular weight excluding hydrogens is 463 g/mol. The lowest BCUT2D eigenvalue weighted by Crippen LogP contribution is -2.15. The molecule has 3 heterocycles. The fourth-order valence-electron chi connectivity index (χ4n) is 3.34. The van der Waals surface area contributed by atoms with Gasteiger partial charge in [0.2, 0.25) is 0 Å². The third kappa shape index (κ3) is 6.39. The maximum Gasteiger partial charge on any atom is 0.149 e. The average Bonchev–Trinajstić information content (AvgIpc) is 3.23. The number of halogens is 1. The molecule has 3 aromatic rings. The van der Waals surface area contributed by atoms with Gasteiger partial charge in [-0.2, -0.15) is 0 Å². The molecule has 0 bridgehead atoms. The van der Waals surface area contributed by atoms with Crippen molar-refractivity contribution in [1.29, 1.82) is 0 Å². The van der Waals surface area contributed by atoms with E-state index in [0.29, 0.717) is 11.3 Å². The molecular formula is C27H31FN4O2S. The number of aryl methyl sites for hydroxylation is 2. The van der Waals surface area contributed by atoms with Crippen molar-refractivity contribution in [2.45, 2.75) is 54.1 Å². The second-order valence-electron chi connectivity index (χ2n) is 8.75. The van der Waals surface area contributed by atoms with Crippen molar-refractivity contribution >= 4 is 23.3 Å². The summed E-state index contributed by atoms with van der Waals surface area (Å²) in [5.74, 6) is 1.00. The Bertz CT molecular complexity index is 1280. The lowest BCUT2D eigenvalue weighted by Gasteiger charge is -2.21. The number of carbonyl (C=O) groups is 1. The maximum atomic E-state index is 14.2. The third-order valence-electron chi connectivity index (χ3n) is 5.55. The van der Waals surface area contributed by atoms with E-state index in [0.717, 1.165) is 44.5 Å². The molecule has 0 radical (unpaired) electrons. The van der Waals surface area contributed by atoms with E-state index in [1.54, 1.807) is 43.7 Å². The van der Waals surface area contributed by atoms with Crippen molar-refractivity contribution in [1.82, 2.24) is 15.0 Å². The van der Waals surface area contributed by atoms with E-state index in [9.17, 15) is 9.18 Å². The van der Waals surface area contributed by atoms with Crippen molar-refractivity contribution in [2.75, 3.05) is 11.9 Å². The van der Waals surface area contributed by atoms with E-state index in [2.05, 4.69) is 36.8 Å². The van der Waals surface area contributed by atoms with Crippen LogP contribution >= 0.6 is 11.3 Å². The summed E-state index contributed by atoms with van der Waals surface area (Å²) in [5, 5.41) is 0. The number of nitrogens with zero attached hydrogens (tertiary/aromatic N) is 4. The molecule has 0 aliphatic heterocycles. The first-order chi connectivity index (χ1) is 16.6. The van der Waals surface area contributed by atoms with Crippen molar-refractivity contribution in [3.8, 4) is 10.6 Å². The van der Waals surface area contributed by atoms with Gasteiger partial charge in [0.25, 0.3) is 0 Å². The van der Waals surface area contributed by atoms with Crippen LogP contribution in [0.2, 0.25) is 0 Å². The zero-order valence-electron chi connectivity index (χ0n) is 21.2. The standard InChI is InChI=1S/C27H31FN4O2S/c1-16(2)27-29-9-8-22(31-27)26-12-24(20(6)35-26)32(7)19(5)11-25(18(4)14-33)34-15-23-21(28)10-17(3)13-30-23/h8-14,16H,15H2,1-7H3/b19-11-,25-18+. The van der Waals surface area contributed by atoms with E-state index in [1.807, 2.05) is 24.9 Å². The summed E-state index contributed by atoms with van der Waals surface area (Å²) in [6.45, 7) is 11.5. The highest BCUT2D eigenvalue weighted by Crippen LogP contribution is 2.36. The predicted molar refractivity (Wildman–Crippen MR) is 139 cm³/mol.